The first kappa shape index (κ1) is 19.5. The molecule has 0 radical (unpaired) electrons. The number of carboxylic acid groups (broad SMARTS) is 1. The number of hydrogen-bond donors (Lipinski definition) is 4. The van der Waals surface area contributed by atoms with E-state index in [1.165, 1.54) is 22.1 Å². The molecule has 1 aromatic heterocycles. The van der Waals surface area contributed by atoms with E-state index in [2.05, 4.69) is 34.6 Å². The van der Waals surface area contributed by atoms with Crippen LogP contribution in [0.25, 0.3) is 10.2 Å². The maximum absolute atomic E-state index is 11.7. The van der Waals surface area contributed by atoms with Crippen molar-refractivity contribution in [1.82, 2.24) is 15.2 Å². The number of aromatic hydroxyl groups is 1. The summed E-state index contributed by atoms with van der Waals surface area (Å²) in [6, 6.07) is 12.0. The topological polar surface area (TPSA) is 106 Å². The van der Waals surface area contributed by atoms with Crippen molar-refractivity contribution >= 4 is 27.6 Å². The highest BCUT2D eigenvalue weighted by Crippen LogP contribution is 2.28. The number of nitrogens with zero attached hydrogens (tertiary/aromatic N) is 1. The molecule has 0 atom stereocenters. The van der Waals surface area contributed by atoms with Crippen LogP contribution >= 0.6 is 11.3 Å². The molecule has 0 bridgehead atoms. The van der Waals surface area contributed by atoms with Crippen molar-refractivity contribution in [3.8, 4) is 5.75 Å². The van der Waals surface area contributed by atoms with Crippen molar-refractivity contribution in [2.75, 3.05) is 19.6 Å². The third-order valence-electron chi connectivity index (χ3n) is 5.43. The predicted molar refractivity (Wildman–Crippen MR) is 113 cm³/mol. The molecule has 29 heavy (non-hydrogen) atoms. The number of benzene rings is 2. The van der Waals surface area contributed by atoms with Gasteiger partial charge in [-0.1, -0.05) is 41.7 Å². The summed E-state index contributed by atoms with van der Waals surface area (Å²) in [7, 11) is 0. The zero-order valence-corrected chi connectivity index (χ0v) is 16.7. The standard InChI is InChI=1S/C21H23N3O4S/c25-17-6-5-13(19-18(17)23-20(26)29-19)7-9-24(21(27)28)10-8-22-16-11-14-3-1-2-4-15(14)12-16/h1-6,16,22,25H,7-12H2,(H,23,26)(H,27,28). The molecule has 0 fully saturated rings. The number of nitrogens with one attached hydrogen (secondary N) is 2. The fraction of sp³-hybridized carbons (Fsp3) is 0.333. The van der Waals surface area contributed by atoms with E-state index in [1.54, 1.807) is 6.07 Å². The van der Waals surface area contributed by atoms with Crippen LogP contribution in [0.2, 0.25) is 0 Å². The molecule has 0 saturated heterocycles. The normalized spacial score (nSPS) is 13.7. The Morgan fingerprint density at radius 3 is 2.59 bits per heavy atom. The maximum atomic E-state index is 11.7. The Morgan fingerprint density at radius 1 is 1.17 bits per heavy atom. The average Bonchev–Trinajstić information content (AvgIpc) is 3.29. The predicted octanol–water partition coefficient (Wildman–Crippen LogP) is 2.57. The summed E-state index contributed by atoms with van der Waals surface area (Å²) in [6.07, 6.45) is 1.47. The van der Waals surface area contributed by atoms with E-state index in [9.17, 15) is 19.8 Å². The van der Waals surface area contributed by atoms with E-state index < -0.39 is 6.09 Å². The van der Waals surface area contributed by atoms with Crippen LogP contribution in [-0.4, -0.2) is 51.9 Å². The van der Waals surface area contributed by atoms with Crippen molar-refractivity contribution in [3.63, 3.8) is 0 Å². The van der Waals surface area contributed by atoms with E-state index in [4.69, 9.17) is 0 Å². The largest absolute Gasteiger partial charge is 0.506 e. The minimum absolute atomic E-state index is 0.0268. The molecule has 1 amide bonds. The number of fused-ring (bicyclic) bond motifs is 2. The molecule has 1 aliphatic carbocycles. The van der Waals surface area contributed by atoms with Gasteiger partial charge in [-0.05, 0) is 42.0 Å². The molecule has 8 heteroatoms. The van der Waals surface area contributed by atoms with E-state index in [1.807, 2.05) is 0 Å². The number of H-pyrrole nitrogens is 1. The van der Waals surface area contributed by atoms with Crippen molar-refractivity contribution in [1.29, 1.82) is 0 Å². The third kappa shape index (κ3) is 4.28. The Kier molecular flexibility index (Phi) is 5.55. The Morgan fingerprint density at radius 2 is 1.90 bits per heavy atom. The maximum Gasteiger partial charge on any atom is 0.407 e. The molecule has 4 rings (SSSR count). The fourth-order valence-electron chi connectivity index (χ4n) is 3.94. The molecule has 1 heterocycles. The quantitative estimate of drug-likeness (QED) is 0.476. The van der Waals surface area contributed by atoms with Crippen molar-refractivity contribution < 1.29 is 15.0 Å². The monoisotopic (exact) mass is 413 g/mol. The Labute approximate surface area is 171 Å². The number of amides is 1. The Bertz CT molecular complexity index is 1070. The second-order valence-electron chi connectivity index (χ2n) is 7.31. The van der Waals surface area contributed by atoms with Crippen LogP contribution in [0.1, 0.15) is 16.7 Å². The number of aromatic amines is 1. The molecule has 7 nitrogen and oxygen atoms in total. The van der Waals surface area contributed by atoms with Gasteiger partial charge in [-0.15, -0.1) is 0 Å². The molecule has 1 aliphatic rings. The summed E-state index contributed by atoms with van der Waals surface area (Å²) in [4.78, 5) is 27.1. The molecular weight excluding hydrogens is 390 g/mol. The Hall–Kier alpha value is -2.84. The van der Waals surface area contributed by atoms with E-state index in [-0.39, 0.29) is 10.6 Å². The smallest absolute Gasteiger partial charge is 0.407 e. The molecule has 0 spiro atoms. The average molecular weight is 413 g/mol. The summed E-state index contributed by atoms with van der Waals surface area (Å²) in [5.41, 5.74) is 4.00. The summed E-state index contributed by atoms with van der Waals surface area (Å²) >= 11 is 1.03. The van der Waals surface area contributed by atoms with Gasteiger partial charge in [0.1, 0.15) is 11.3 Å². The van der Waals surface area contributed by atoms with Gasteiger partial charge < -0.3 is 25.4 Å². The first-order valence-electron chi connectivity index (χ1n) is 9.63. The molecule has 3 aromatic rings. The molecule has 0 saturated carbocycles. The second kappa shape index (κ2) is 8.26. The molecule has 2 aromatic carbocycles. The van der Waals surface area contributed by atoms with Crippen LogP contribution in [-0.2, 0) is 19.3 Å². The van der Waals surface area contributed by atoms with Gasteiger partial charge in [-0.3, -0.25) is 4.79 Å². The number of phenols is 1. The highest BCUT2D eigenvalue weighted by Gasteiger charge is 2.21. The minimum atomic E-state index is -0.959. The first-order chi connectivity index (χ1) is 14.0. The molecule has 0 aliphatic heterocycles. The van der Waals surface area contributed by atoms with Gasteiger partial charge in [0.05, 0.1) is 4.70 Å². The summed E-state index contributed by atoms with van der Waals surface area (Å²) in [5.74, 6) is 0.0268. The lowest BCUT2D eigenvalue weighted by Crippen LogP contribution is -2.40. The van der Waals surface area contributed by atoms with Crippen LogP contribution in [0.4, 0.5) is 4.79 Å². The molecular formula is C21H23N3O4S. The van der Waals surface area contributed by atoms with Gasteiger partial charge in [0.25, 0.3) is 0 Å². The van der Waals surface area contributed by atoms with Crippen molar-refractivity contribution in [2.45, 2.75) is 25.3 Å². The van der Waals surface area contributed by atoms with Crippen molar-refractivity contribution in [2.24, 2.45) is 0 Å². The number of thiazole rings is 1. The number of carbonyl (C=O) groups is 1. The lowest BCUT2D eigenvalue weighted by atomic mass is 10.1. The van der Waals surface area contributed by atoms with Gasteiger partial charge in [-0.25, -0.2) is 4.79 Å². The van der Waals surface area contributed by atoms with Crippen LogP contribution in [0.3, 0.4) is 0 Å². The SMILES string of the molecule is O=C(O)N(CCNC1Cc2ccccc2C1)CCc1ccc(O)c2[nH]c(=O)sc12. The lowest BCUT2D eigenvalue weighted by Gasteiger charge is -2.21. The van der Waals surface area contributed by atoms with E-state index in [0.717, 1.165) is 29.7 Å². The van der Waals surface area contributed by atoms with Crippen LogP contribution < -0.4 is 10.2 Å². The van der Waals surface area contributed by atoms with E-state index >= 15 is 0 Å². The van der Waals surface area contributed by atoms with Crippen LogP contribution in [0.15, 0.2) is 41.2 Å². The molecule has 0 unspecified atom stereocenters. The number of rotatable bonds is 7. The summed E-state index contributed by atoms with van der Waals surface area (Å²) in [5, 5.41) is 22.9. The zero-order valence-electron chi connectivity index (χ0n) is 15.9. The zero-order chi connectivity index (χ0) is 20.4. The highest BCUT2D eigenvalue weighted by atomic mass is 32.1. The highest BCUT2D eigenvalue weighted by molar-refractivity contribution is 7.16. The number of hydrogen-bond acceptors (Lipinski definition) is 5. The molecule has 4 N–H and O–H groups in total. The lowest BCUT2D eigenvalue weighted by molar-refractivity contribution is 0.145. The number of phenolic OH excluding ortho intramolecular Hbond substituents is 1. The van der Waals surface area contributed by atoms with E-state index in [0.29, 0.717) is 42.3 Å². The van der Waals surface area contributed by atoms with Gasteiger partial charge in [-0.2, -0.15) is 0 Å². The minimum Gasteiger partial charge on any atom is -0.506 e. The van der Waals surface area contributed by atoms with Crippen LogP contribution in [0.5, 0.6) is 5.75 Å². The van der Waals surface area contributed by atoms with Gasteiger partial charge in [0.2, 0.25) is 0 Å². The van der Waals surface area contributed by atoms with Gasteiger partial charge in [0.15, 0.2) is 0 Å². The first-order valence-corrected chi connectivity index (χ1v) is 10.4. The second-order valence-corrected chi connectivity index (χ2v) is 8.29. The molecule has 152 valence electrons. The van der Waals surface area contributed by atoms with Gasteiger partial charge in [0, 0.05) is 25.7 Å². The van der Waals surface area contributed by atoms with Gasteiger partial charge >= 0.3 is 11.0 Å². The summed E-state index contributed by atoms with van der Waals surface area (Å²) in [6.45, 7) is 1.31. The van der Waals surface area contributed by atoms with Crippen molar-refractivity contribution in [3.05, 3.63) is 62.8 Å². The Balaban J connectivity index is 1.33. The fourth-order valence-corrected chi connectivity index (χ4v) is 4.83. The van der Waals surface area contributed by atoms with Crippen LogP contribution in [0, 0.1) is 0 Å². The third-order valence-corrected chi connectivity index (χ3v) is 6.38. The number of aromatic nitrogens is 1. The summed E-state index contributed by atoms with van der Waals surface area (Å²) < 4.78 is 0.683.